The highest BCUT2D eigenvalue weighted by molar-refractivity contribution is 6.02. The van der Waals surface area contributed by atoms with E-state index in [0.717, 1.165) is 42.2 Å². The minimum Gasteiger partial charge on any atom is -0.497 e. The molecule has 2 aliphatic heterocycles. The molecule has 28 heavy (non-hydrogen) atoms. The van der Waals surface area contributed by atoms with E-state index in [2.05, 4.69) is 24.5 Å². The van der Waals surface area contributed by atoms with E-state index >= 15 is 0 Å². The average Bonchev–Trinajstić information content (AvgIpc) is 2.70. The lowest BCUT2D eigenvalue weighted by Gasteiger charge is -2.46. The van der Waals surface area contributed by atoms with Gasteiger partial charge in [-0.3, -0.25) is 9.69 Å². The highest BCUT2D eigenvalue weighted by Crippen LogP contribution is 2.35. The molecule has 0 saturated carbocycles. The number of carbonyl (C=O) groups is 1. The highest BCUT2D eigenvalue weighted by Gasteiger charge is 2.37. The number of ether oxygens (including phenoxy) is 2. The summed E-state index contributed by atoms with van der Waals surface area (Å²) in [5.41, 5.74) is 3.70. The van der Waals surface area contributed by atoms with Gasteiger partial charge in [-0.1, -0.05) is 31.2 Å². The van der Waals surface area contributed by atoms with Crippen LogP contribution in [0.1, 0.15) is 37.6 Å². The van der Waals surface area contributed by atoms with Crippen LogP contribution in [0.4, 0.5) is 5.69 Å². The van der Waals surface area contributed by atoms with E-state index in [0.29, 0.717) is 24.4 Å². The van der Waals surface area contributed by atoms with Gasteiger partial charge in [-0.25, -0.2) is 0 Å². The number of amides is 1. The SMILES string of the molecule is C=C(/C=C\C(=C(C)C)N1CN(C2CCOCC2C)c2ccccc2C1=O)OC. The zero-order chi connectivity index (χ0) is 20.3. The number of hydrogen-bond donors (Lipinski definition) is 0. The molecule has 0 aromatic heterocycles. The number of carbonyl (C=O) groups excluding carboxylic acids is 1. The number of anilines is 1. The maximum Gasteiger partial charge on any atom is 0.261 e. The summed E-state index contributed by atoms with van der Waals surface area (Å²) in [5.74, 6) is 0.977. The second-order valence-electron chi connectivity index (χ2n) is 7.66. The maximum absolute atomic E-state index is 13.3. The molecule has 1 fully saturated rings. The minimum atomic E-state index is 0.0236. The van der Waals surface area contributed by atoms with E-state index in [1.165, 1.54) is 0 Å². The zero-order valence-corrected chi connectivity index (χ0v) is 17.3. The number of allylic oxidation sites excluding steroid dienone is 3. The number of nitrogens with zero attached hydrogens (tertiary/aromatic N) is 2. The maximum atomic E-state index is 13.3. The van der Waals surface area contributed by atoms with E-state index < -0.39 is 0 Å². The first-order chi connectivity index (χ1) is 13.4. The number of para-hydroxylation sites is 1. The van der Waals surface area contributed by atoms with Crippen LogP contribution in [0.5, 0.6) is 0 Å². The van der Waals surface area contributed by atoms with Crippen LogP contribution < -0.4 is 4.90 Å². The molecule has 0 N–H and O–H groups in total. The van der Waals surface area contributed by atoms with Gasteiger partial charge in [0.05, 0.1) is 31.6 Å². The average molecular weight is 383 g/mol. The van der Waals surface area contributed by atoms with Crippen LogP contribution >= 0.6 is 0 Å². The second kappa shape index (κ2) is 8.65. The highest BCUT2D eigenvalue weighted by atomic mass is 16.5. The van der Waals surface area contributed by atoms with Gasteiger partial charge in [-0.15, -0.1) is 0 Å². The van der Waals surface area contributed by atoms with Crippen molar-refractivity contribution in [1.82, 2.24) is 4.90 Å². The molecule has 0 spiro atoms. The molecule has 1 aromatic carbocycles. The van der Waals surface area contributed by atoms with E-state index in [9.17, 15) is 4.79 Å². The van der Waals surface area contributed by atoms with Crippen molar-refractivity contribution in [3.63, 3.8) is 0 Å². The third-order valence-electron chi connectivity index (χ3n) is 5.47. The van der Waals surface area contributed by atoms with E-state index in [1.54, 1.807) is 13.2 Å². The molecular weight excluding hydrogens is 352 g/mol. The van der Waals surface area contributed by atoms with Crippen molar-refractivity contribution in [2.24, 2.45) is 5.92 Å². The predicted molar refractivity (Wildman–Crippen MR) is 112 cm³/mol. The molecule has 2 heterocycles. The van der Waals surface area contributed by atoms with Gasteiger partial charge < -0.3 is 14.4 Å². The smallest absolute Gasteiger partial charge is 0.261 e. The Morgan fingerprint density at radius 1 is 1.29 bits per heavy atom. The Morgan fingerprint density at radius 3 is 2.71 bits per heavy atom. The van der Waals surface area contributed by atoms with Gasteiger partial charge in [0.1, 0.15) is 5.76 Å². The Morgan fingerprint density at radius 2 is 2.04 bits per heavy atom. The van der Waals surface area contributed by atoms with Gasteiger partial charge in [-0.2, -0.15) is 0 Å². The standard InChI is InChI=1S/C23H30N2O3/c1-16(2)20(11-10-18(4)27-5)25-15-24(21-12-13-28-14-17(21)3)22-9-7-6-8-19(22)23(25)26/h6-11,17,21H,4,12-15H2,1-3,5H3/b11-10-. The molecule has 150 valence electrons. The van der Waals surface area contributed by atoms with Crippen LogP contribution in [0.15, 0.2) is 60.0 Å². The van der Waals surface area contributed by atoms with Gasteiger partial charge >= 0.3 is 0 Å². The van der Waals surface area contributed by atoms with Crippen LogP contribution in [0.3, 0.4) is 0 Å². The third-order valence-corrected chi connectivity index (χ3v) is 5.47. The molecule has 1 saturated heterocycles. The van der Waals surface area contributed by atoms with Crippen LogP contribution in [0.25, 0.3) is 0 Å². The molecule has 2 unspecified atom stereocenters. The van der Waals surface area contributed by atoms with Crippen LogP contribution in [-0.4, -0.2) is 43.8 Å². The van der Waals surface area contributed by atoms with E-state index in [-0.39, 0.29) is 5.91 Å². The number of hydrogen-bond acceptors (Lipinski definition) is 4. The molecule has 2 atom stereocenters. The predicted octanol–water partition coefficient (Wildman–Crippen LogP) is 4.34. The van der Waals surface area contributed by atoms with Crippen molar-refractivity contribution in [3.05, 3.63) is 65.6 Å². The zero-order valence-electron chi connectivity index (χ0n) is 17.3. The Kier molecular flexibility index (Phi) is 6.25. The summed E-state index contributed by atoms with van der Waals surface area (Å²) in [6.07, 6.45) is 4.67. The minimum absolute atomic E-state index is 0.0236. The molecule has 5 nitrogen and oxygen atoms in total. The molecule has 5 heteroatoms. The summed E-state index contributed by atoms with van der Waals surface area (Å²) in [6, 6.07) is 8.24. The molecule has 0 radical (unpaired) electrons. The van der Waals surface area contributed by atoms with Gasteiger partial charge in [0.25, 0.3) is 5.91 Å². The Hall–Kier alpha value is -2.53. The molecule has 3 rings (SSSR count). The first kappa shape index (κ1) is 20.2. The van der Waals surface area contributed by atoms with Crippen LogP contribution in [0.2, 0.25) is 0 Å². The number of benzene rings is 1. The number of fused-ring (bicyclic) bond motifs is 1. The normalized spacial score (nSPS) is 22.2. The van der Waals surface area contributed by atoms with Gasteiger partial charge in [-0.05, 0) is 50.5 Å². The summed E-state index contributed by atoms with van der Waals surface area (Å²) >= 11 is 0. The Bertz CT molecular complexity index is 808. The lowest BCUT2D eigenvalue weighted by atomic mass is 9.94. The Labute approximate surface area is 167 Å². The van der Waals surface area contributed by atoms with Crippen molar-refractivity contribution < 1.29 is 14.3 Å². The quantitative estimate of drug-likeness (QED) is 0.561. The number of methoxy groups -OCH3 is 1. The third kappa shape index (κ3) is 3.99. The topological polar surface area (TPSA) is 42.0 Å². The lowest BCUT2D eigenvalue weighted by Crippen LogP contribution is -2.54. The number of rotatable bonds is 5. The van der Waals surface area contributed by atoms with Crippen molar-refractivity contribution in [1.29, 1.82) is 0 Å². The first-order valence-corrected chi connectivity index (χ1v) is 9.77. The van der Waals surface area contributed by atoms with Crippen LogP contribution in [0, 0.1) is 5.92 Å². The second-order valence-corrected chi connectivity index (χ2v) is 7.66. The summed E-state index contributed by atoms with van der Waals surface area (Å²) in [5, 5.41) is 0. The fraction of sp³-hybridized carbons (Fsp3) is 0.435. The summed E-state index contributed by atoms with van der Waals surface area (Å²) in [7, 11) is 1.59. The summed E-state index contributed by atoms with van der Waals surface area (Å²) in [4.78, 5) is 17.6. The fourth-order valence-corrected chi connectivity index (χ4v) is 3.91. The largest absolute Gasteiger partial charge is 0.497 e. The van der Waals surface area contributed by atoms with Gasteiger partial charge in [0.15, 0.2) is 0 Å². The molecular formula is C23H30N2O3. The van der Waals surface area contributed by atoms with Gasteiger partial charge in [0, 0.05) is 18.3 Å². The van der Waals surface area contributed by atoms with Crippen molar-refractivity contribution in [2.45, 2.75) is 33.2 Å². The molecule has 0 bridgehead atoms. The lowest BCUT2D eigenvalue weighted by molar-refractivity contribution is 0.0427. The van der Waals surface area contributed by atoms with Crippen LogP contribution in [-0.2, 0) is 9.47 Å². The summed E-state index contributed by atoms with van der Waals surface area (Å²) in [6.45, 7) is 12.1. The fourth-order valence-electron chi connectivity index (χ4n) is 3.91. The molecule has 1 amide bonds. The first-order valence-electron chi connectivity index (χ1n) is 9.77. The van der Waals surface area contributed by atoms with Crippen molar-refractivity contribution >= 4 is 11.6 Å². The molecule has 0 aliphatic carbocycles. The summed E-state index contributed by atoms with van der Waals surface area (Å²) < 4.78 is 10.8. The molecule has 2 aliphatic rings. The van der Waals surface area contributed by atoms with Crippen molar-refractivity contribution in [2.75, 3.05) is 31.9 Å². The van der Waals surface area contributed by atoms with Crippen molar-refractivity contribution in [3.8, 4) is 0 Å². The van der Waals surface area contributed by atoms with E-state index in [4.69, 9.17) is 9.47 Å². The van der Waals surface area contributed by atoms with Gasteiger partial charge in [0.2, 0.25) is 0 Å². The molecule has 1 aromatic rings. The monoisotopic (exact) mass is 382 g/mol. The Balaban J connectivity index is 2.01. The van der Waals surface area contributed by atoms with E-state index in [1.807, 2.05) is 43.0 Å².